The number of Topliss-reactive ketones (excluding diaryl/α,β-unsaturated/α-hetero) is 1. The fourth-order valence-electron chi connectivity index (χ4n) is 3.19. The molecule has 0 aromatic heterocycles. The number of benzene rings is 2. The fourth-order valence-corrected chi connectivity index (χ4v) is 3.19. The van der Waals surface area contributed by atoms with Gasteiger partial charge in [0, 0.05) is 12.3 Å². The van der Waals surface area contributed by atoms with Crippen molar-refractivity contribution in [1.82, 2.24) is 0 Å². The maximum absolute atomic E-state index is 12.3. The van der Waals surface area contributed by atoms with E-state index in [0.29, 0.717) is 12.8 Å². The summed E-state index contributed by atoms with van der Waals surface area (Å²) in [6.07, 6.45) is 4.08. The van der Waals surface area contributed by atoms with Gasteiger partial charge in [0.05, 0.1) is 6.42 Å². The summed E-state index contributed by atoms with van der Waals surface area (Å²) < 4.78 is 0. The van der Waals surface area contributed by atoms with Gasteiger partial charge in [-0.1, -0.05) is 75.4 Å². The molecular formula is C24H32O3. The van der Waals surface area contributed by atoms with Gasteiger partial charge in [-0.3, -0.25) is 9.59 Å². The Morgan fingerprint density at radius 1 is 0.926 bits per heavy atom. The lowest BCUT2D eigenvalue weighted by molar-refractivity contribution is -0.136. The summed E-state index contributed by atoms with van der Waals surface area (Å²) in [6.45, 7) is 5.91. The van der Waals surface area contributed by atoms with Crippen LogP contribution in [0.4, 0.5) is 0 Å². The number of aliphatic carboxylic acids is 1. The van der Waals surface area contributed by atoms with Crippen molar-refractivity contribution in [3.63, 3.8) is 0 Å². The Morgan fingerprint density at radius 3 is 2.19 bits per heavy atom. The molecule has 0 heterocycles. The summed E-state index contributed by atoms with van der Waals surface area (Å²) in [5, 5.41) is 8.94. The lowest BCUT2D eigenvalue weighted by Crippen LogP contribution is -2.17. The second-order valence-corrected chi connectivity index (χ2v) is 6.49. The molecule has 0 spiro atoms. The molecule has 1 atom stereocenters. The molecule has 1 N–H and O–H groups in total. The quantitative estimate of drug-likeness (QED) is 0.602. The predicted octanol–water partition coefficient (Wildman–Crippen LogP) is 5.50. The van der Waals surface area contributed by atoms with E-state index in [2.05, 4.69) is 12.1 Å². The van der Waals surface area contributed by atoms with Crippen LogP contribution in [0.2, 0.25) is 0 Å². The molecule has 0 aliphatic heterocycles. The molecule has 0 saturated carbocycles. The van der Waals surface area contributed by atoms with Crippen LogP contribution in [-0.4, -0.2) is 16.9 Å². The number of hydrogen-bond donors (Lipinski definition) is 1. The van der Waals surface area contributed by atoms with Crippen molar-refractivity contribution in [3.05, 3.63) is 71.3 Å². The average Bonchev–Trinajstić information content (AvgIpc) is 2.69. The monoisotopic (exact) mass is 368 g/mol. The molecule has 0 amide bonds. The van der Waals surface area contributed by atoms with Crippen molar-refractivity contribution in [3.8, 4) is 0 Å². The summed E-state index contributed by atoms with van der Waals surface area (Å²) >= 11 is 0. The Bertz CT molecular complexity index is 692. The van der Waals surface area contributed by atoms with Gasteiger partial charge >= 0.3 is 5.97 Å². The Labute approximate surface area is 163 Å². The highest BCUT2D eigenvalue weighted by Crippen LogP contribution is 2.19. The highest BCUT2D eigenvalue weighted by atomic mass is 16.4. The molecule has 3 nitrogen and oxygen atoms in total. The lowest BCUT2D eigenvalue weighted by Gasteiger charge is -2.16. The third-order valence-electron chi connectivity index (χ3n) is 4.49. The minimum atomic E-state index is -0.832. The van der Waals surface area contributed by atoms with E-state index < -0.39 is 5.97 Å². The average molecular weight is 369 g/mol. The van der Waals surface area contributed by atoms with Crippen LogP contribution in [0.1, 0.15) is 56.7 Å². The first-order valence-corrected chi connectivity index (χ1v) is 9.94. The molecule has 0 bridgehead atoms. The van der Waals surface area contributed by atoms with E-state index in [9.17, 15) is 9.59 Å². The van der Waals surface area contributed by atoms with Crippen LogP contribution in [0.25, 0.3) is 0 Å². The van der Waals surface area contributed by atoms with Gasteiger partial charge in [0.1, 0.15) is 5.78 Å². The minimum absolute atomic E-state index is 0.00814. The first-order valence-electron chi connectivity index (χ1n) is 9.94. The molecule has 0 fully saturated rings. The summed E-state index contributed by atoms with van der Waals surface area (Å²) in [5.41, 5.74) is 3.14. The van der Waals surface area contributed by atoms with Crippen LogP contribution in [-0.2, 0) is 28.9 Å². The highest BCUT2D eigenvalue weighted by Gasteiger charge is 2.17. The van der Waals surface area contributed by atoms with Gasteiger partial charge in [-0.25, -0.2) is 0 Å². The van der Waals surface area contributed by atoms with Gasteiger partial charge in [-0.05, 0) is 42.4 Å². The van der Waals surface area contributed by atoms with Crippen molar-refractivity contribution in [2.75, 3.05) is 0 Å². The number of carbonyl (C=O) groups excluding carboxylic acids is 1. The normalized spacial score (nSPS) is 11.2. The predicted molar refractivity (Wildman–Crippen MR) is 111 cm³/mol. The number of carboxylic acid groups (broad SMARTS) is 1. The van der Waals surface area contributed by atoms with Gasteiger partial charge in [-0.2, -0.15) is 0 Å². The fraction of sp³-hybridized carbons (Fsp3) is 0.417. The SMILES string of the molecule is CC.CCC(=O)C(CCCc1ccccc1)Cc1cccc(CC(=O)O)c1. The Morgan fingerprint density at radius 2 is 1.56 bits per heavy atom. The molecule has 27 heavy (non-hydrogen) atoms. The second-order valence-electron chi connectivity index (χ2n) is 6.49. The van der Waals surface area contributed by atoms with Crippen LogP contribution >= 0.6 is 0 Å². The highest BCUT2D eigenvalue weighted by molar-refractivity contribution is 5.81. The molecule has 146 valence electrons. The molecule has 1 unspecified atom stereocenters. The molecule has 2 aromatic carbocycles. The van der Waals surface area contributed by atoms with Crippen LogP contribution in [0.3, 0.4) is 0 Å². The number of carboxylic acids is 1. The Balaban J connectivity index is 0.00000176. The van der Waals surface area contributed by atoms with E-state index in [-0.39, 0.29) is 18.1 Å². The molecule has 3 heteroatoms. The summed E-state index contributed by atoms with van der Waals surface area (Å²) in [4.78, 5) is 23.2. The van der Waals surface area contributed by atoms with Crippen LogP contribution in [0.15, 0.2) is 54.6 Å². The largest absolute Gasteiger partial charge is 0.481 e. The molecule has 0 aliphatic carbocycles. The van der Waals surface area contributed by atoms with Gasteiger partial charge in [0.25, 0.3) is 0 Å². The summed E-state index contributed by atoms with van der Waals surface area (Å²) in [7, 11) is 0. The molecular weight excluding hydrogens is 336 g/mol. The number of ketones is 1. The molecule has 0 saturated heterocycles. The van der Waals surface area contributed by atoms with Gasteiger partial charge in [0.2, 0.25) is 0 Å². The molecule has 2 aromatic rings. The van der Waals surface area contributed by atoms with E-state index >= 15 is 0 Å². The maximum atomic E-state index is 12.3. The summed E-state index contributed by atoms with van der Waals surface area (Å²) in [6, 6.07) is 17.9. The zero-order valence-corrected chi connectivity index (χ0v) is 16.8. The number of hydrogen-bond acceptors (Lipinski definition) is 2. The van der Waals surface area contributed by atoms with Crippen molar-refractivity contribution in [2.45, 2.75) is 59.3 Å². The van der Waals surface area contributed by atoms with Gasteiger partial charge in [0.15, 0.2) is 0 Å². The smallest absolute Gasteiger partial charge is 0.307 e. The number of rotatable bonds is 10. The van der Waals surface area contributed by atoms with Gasteiger partial charge in [-0.15, -0.1) is 0 Å². The van der Waals surface area contributed by atoms with Crippen molar-refractivity contribution in [1.29, 1.82) is 0 Å². The Hall–Kier alpha value is -2.42. The van der Waals surface area contributed by atoms with Crippen LogP contribution in [0.5, 0.6) is 0 Å². The topological polar surface area (TPSA) is 54.4 Å². The lowest BCUT2D eigenvalue weighted by atomic mass is 9.88. The molecule has 0 radical (unpaired) electrons. The number of carbonyl (C=O) groups is 2. The van der Waals surface area contributed by atoms with E-state index in [1.165, 1.54) is 5.56 Å². The van der Waals surface area contributed by atoms with Crippen molar-refractivity contribution >= 4 is 11.8 Å². The maximum Gasteiger partial charge on any atom is 0.307 e. The van der Waals surface area contributed by atoms with E-state index in [1.54, 1.807) is 0 Å². The zero-order valence-electron chi connectivity index (χ0n) is 16.8. The summed E-state index contributed by atoms with van der Waals surface area (Å²) in [5.74, 6) is -0.535. The van der Waals surface area contributed by atoms with Crippen LogP contribution in [0, 0.1) is 5.92 Å². The minimum Gasteiger partial charge on any atom is -0.481 e. The third-order valence-corrected chi connectivity index (χ3v) is 4.49. The Kier molecular flexibility index (Phi) is 10.8. The van der Waals surface area contributed by atoms with E-state index in [1.807, 2.05) is 63.2 Å². The van der Waals surface area contributed by atoms with Crippen molar-refractivity contribution < 1.29 is 14.7 Å². The van der Waals surface area contributed by atoms with Crippen LogP contribution < -0.4 is 0 Å². The number of aryl methyl sites for hydroxylation is 1. The third kappa shape index (κ3) is 8.67. The van der Waals surface area contributed by atoms with Gasteiger partial charge < -0.3 is 5.11 Å². The standard InChI is InChI=1S/C22H26O3.C2H6/c1-2-21(23)20(13-7-10-17-8-4-3-5-9-17)15-18-11-6-12-19(14-18)16-22(24)25;1-2/h3-6,8-9,11-12,14,20H,2,7,10,13,15-16H2,1H3,(H,24,25);1-2H3. The first-order chi connectivity index (χ1) is 13.1. The first kappa shape index (κ1) is 22.6. The second kappa shape index (κ2) is 12.9. The molecule has 2 rings (SSSR count). The zero-order chi connectivity index (χ0) is 20.1. The van der Waals surface area contributed by atoms with Crippen molar-refractivity contribution in [2.24, 2.45) is 5.92 Å². The van der Waals surface area contributed by atoms with E-state index in [4.69, 9.17) is 5.11 Å². The molecule has 0 aliphatic rings. The van der Waals surface area contributed by atoms with E-state index in [0.717, 1.165) is 30.4 Å².